The third-order valence-corrected chi connectivity index (χ3v) is 4.16. The van der Waals surface area contributed by atoms with Gasteiger partial charge in [-0.2, -0.15) is 0 Å². The van der Waals surface area contributed by atoms with Crippen LogP contribution in [0.3, 0.4) is 0 Å². The van der Waals surface area contributed by atoms with Gasteiger partial charge in [0.2, 0.25) is 5.91 Å². The van der Waals surface area contributed by atoms with Crippen LogP contribution in [0.4, 0.5) is 9.18 Å². The van der Waals surface area contributed by atoms with E-state index in [1.165, 1.54) is 24.3 Å². The first-order valence-electron chi connectivity index (χ1n) is 7.60. The van der Waals surface area contributed by atoms with Crippen molar-refractivity contribution in [1.82, 2.24) is 10.2 Å². The van der Waals surface area contributed by atoms with Gasteiger partial charge in [0.1, 0.15) is 5.82 Å². The molecule has 0 bridgehead atoms. The highest BCUT2D eigenvalue weighted by Gasteiger charge is 2.34. The zero-order chi connectivity index (χ0) is 18.2. The summed E-state index contributed by atoms with van der Waals surface area (Å²) < 4.78 is 13.7. The molecule has 130 valence electrons. The molecule has 1 aliphatic heterocycles. The van der Waals surface area contributed by atoms with Gasteiger partial charge in [0, 0.05) is 24.7 Å². The molecule has 0 saturated carbocycles. The molecule has 2 rings (SSSR count). The summed E-state index contributed by atoms with van der Waals surface area (Å²) in [4.78, 5) is 36.9. The predicted octanol–water partition coefficient (Wildman–Crippen LogP) is 3.11. The van der Waals surface area contributed by atoms with Gasteiger partial charge in [0.25, 0.3) is 11.1 Å². The third-order valence-electron chi connectivity index (χ3n) is 3.25. The van der Waals surface area contributed by atoms with Crippen LogP contribution in [0.1, 0.15) is 12.5 Å². The molecular formula is C18H17FN2O3S. The molecule has 1 N–H and O–H groups in total. The van der Waals surface area contributed by atoms with Crippen molar-refractivity contribution in [2.75, 3.05) is 13.1 Å². The third kappa shape index (κ3) is 5.15. The maximum Gasteiger partial charge on any atom is 0.293 e. The van der Waals surface area contributed by atoms with Crippen molar-refractivity contribution in [3.63, 3.8) is 0 Å². The Bertz CT molecular complexity index is 771. The molecule has 1 heterocycles. The van der Waals surface area contributed by atoms with Gasteiger partial charge in [-0.1, -0.05) is 36.4 Å². The molecule has 0 radical (unpaired) electrons. The second-order valence-electron chi connectivity index (χ2n) is 5.03. The zero-order valence-corrected chi connectivity index (χ0v) is 14.4. The van der Waals surface area contributed by atoms with Crippen molar-refractivity contribution in [1.29, 1.82) is 0 Å². The maximum absolute atomic E-state index is 13.7. The number of rotatable bonds is 6. The summed E-state index contributed by atoms with van der Waals surface area (Å²) in [5, 5.41) is 2.15. The number of carbonyl (C=O) groups is 3. The number of hydrogen-bond donors (Lipinski definition) is 1. The van der Waals surface area contributed by atoms with Gasteiger partial charge in [-0.3, -0.25) is 19.3 Å². The van der Waals surface area contributed by atoms with E-state index in [1.54, 1.807) is 30.4 Å². The SMILES string of the molecule is C/C=C/C=C/C(=O)NCCN1C(=O)S/C(=C\c2ccccc2F)C1=O. The largest absolute Gasteiger partial charge is 0.351 e. The van der Waals surface area contributed by atoms with Gasteiger partial charge >= 0.3 is 0 Å². The molecule has 1 aromatic carbocycles. The smallest absolute Gasteiger partial charge is 0.293 e. The second kappa shape index (κ2) is 8.98. The minimum Gasteiger partial charge on any atom is -0.351 e. The van der Waals surface area contributed by atoms with Gasteiger partial charge in [0.05, 0.1) is 4.91 Å². The van der Waals surface area contributed by atoms with Crippen molar-refractivity contribution in [2.24, 2.45) is 0 Å². The van der Waals surface area contributed by atoms with Gasteiger partial charge < -0.3 is 5.32 Å². The quantitative estimate of drug-likeness (QED) is 0.625. The Morgan fingerprint density at radius 3 is 2.76 bits per heavy atom. The molecule has 1 aromatic rings. The number of nitrogens with zero attached hydrogens (tertiary/aromatic N) is 1. The number of hydrogen-bond acceptors (Lipinski definition) is 4. The minimum atomic E-state index is -0.489. The van der Waals surface area contributed by atoms with Crippen LogP contribution in [0.2, 0.25) is 0 Å². The number of benzene rings is 1. The Balaban J connectivity index is 1.95. The number of amides is 3. The van der Waals surface area contributed by atoms with Crippen LogP contribution >= 0.6 is 11.8 Å². The van der Waals surface area contributed by atoms with Crippen molar-refractivity contribution < 1.29 is 18.8 Å². The van der Waals surface area contributed by atoms with E-state index in [4.69, 9.17) is 0 Å². The van der Waals surface area contributed by atoms with Gasteiger partial charge in [-0.05, 0) is 30.8 Å². The molecule has 0 atom stereocenters. The molecule has 1 aliphatic rings. The average molecular weight is 360 g/mol. The van der Waals surface area contributed by atoms with Crippen LogP contribution in [0.25, 0.3) is 6.08 Å². The van der Waals surface area contributed by atoms with Crippen molar-refractivity contribution >= 4 is 34.9 Å². The normalized spacial score (nSPS) is 16.6. The molecule has 7 heteroatoms. The van der Waals surface area contributed by atoms with E-state index < -0.39 is 17.0 Å². The summed E-state index contributed by atoms with van der Waals surface area (Å²) in [5.74, 6) is -1.27. The number of thioether (sulfide) groups is 1. The molecule has 1 fully saturated rings. The maximum atomic E-state index is 13.7. The first-order valence-corrected chi connectivity index (χ1v) is 8.41. The first-order chi connectivity index (χ1) is 12.0. The van der Waals surface area contributed by atoms with Crippen molar-refractivity contribution in [3.05, 3.63) is 64.9 Å². The van der Waals surface area contributed by atoms with Crippen LogP contribution < -0.4 is 5.32 Å². The van der Waals surface area contributed by atoms with Crippen molar-refractivity contribution in [2.45, 2.75) is 6.92 Å². The van der Waals surface area contributed by atoms with E-state index in [0.29, 0.717) is 0 Å². The lowest BCUT2D eigenvalue weighted by atomic mass is 10.2. The lowest BCUT2D eigenvalue weighted by molar-refractivity contribution is -0.123. The Kier molecular flexibility index (Phi) is 6.71. The molecular weight excluding hydrogens is 343 g/mol. The van der Waals surface area contributed by atoms with E-state index in [1.807, 2.05) is 6.92 Å². The van der Waals surface area contributed by atoms with Crippen molar-refractivity contribution in [3.8, 4) is 0 Å². The lowest BCUT2D eigenvalue weighted by Crippen LogP contribution is -2.36. The average Bonchev–Trinajstić information content (AvgIpc) is 2.84. The molecule has 3 amide bonds. The van der Waals surface area contributed by atoms with E-state index >= 15 is 0 Å². The van der Waals surface area contributed by atoms with E-state index in [-0.39, 0.29) is 29.5 Å². The number of halogens is 1. The Morgan fingerprint density at radius 1 is 1.28 bits per heavy atom. The Labute approximate surface area is 149 Å². The zero-order valence-electron chi connectivity index (χ0n) is 13.6. The van der Waals surface area contributed by atoms with E-state index in [2.05, 4.69) is 5.32 Å². The lowest BCUT2D eigenvalue weighted by Gasteiger charge is -2.12. The Hall–Kier alpha value is -2.67. The first kappa shape index (κ1) is 18.7. The molecule has 0 aromatic heterocycles. The van der Waals surface area contributed by atoms with Crippen LogP contribution in [-0.2, 0) is 9.59 Å². The monoisotopic (exact) mass is 360 g/mol. The highest BCUT2D eigenvalue weighted by atomic mass is 32.2. The summed E-state index contributed by atoms with van der Waals surface area (Å²) >= 11 is 0.757. The number of imide groups is 1. The standard InChI is InChI=1S/C18H17FN2O3S/c1-2-3-4-9-16(22)20-10-11-21-17(23)15(25-18(21)24)12-13-7-5-6-8-14(13)19/h2-9,12H,10-11H2,1H3,(H,20,22)/b3-2+,9-4+,15-12-. The molecule has 0 aliphatic carbocycles. The van der Waals surface area contributed by atoms with E-state index in [0.717, 1.165) is 16.7 Å². The fourth-order valence-electron chi connectivity index (χ4n) is 2.03. The molecule has 1 saturated heterocycles. The molecule has 5 nitrogen and oxygen atoms in total. The summed E-state index contributed by atoms with van der Waals surface area (Å²) in [6, 6.07) is 6.01. The van der Waals surface area contributed by atoms with E-state index in [9.17, 15) is 18.8 Å². The fourth-order valence-corrected chi connectivity index (χ4v) is 2.89. The van der Waals surface area contributed by atoms with Gasteiger partial charge in [0.15, 0.2) is 0 Å². The molecule has 0 spiro atoms. The van der Waals surface area contributed by atoms with Gasteiger partial charge in [-0.25, -0.2) is 4.39 Å². The summed E-state index contributed by atoms with van der Waals surface area (Å²) in [6.07, 6.45) is 7.80. The summed E-state index contributed by atoms with van der Waals surface area (Å²) in [7, 11) is 0. The number of allylic oxidation sites excluding steroid dienone is 3. The number of nitrogens with one attached hydrogen (secondary N) is 1. The van der Waals surface area contributed by atoms with Gasteiger partial charge in [-0.15, -0.1) is 0 Å². The summed E-state index contributed by atoms with van der Waals surface area (Å²) in [6.45, 7) is 2.03. The Morgan fingerprint density at radius 2 is 2.04 bits per heavy atom. The van der Waals surface area contributed by atoms with Crippen LogP contribution in [-0.4, -0.2) is 35.0 Å². The van der Waals surface area contributed by atoms with Crippen LogP contribution in [0.15, 0.2) is 53.5 Å². The second-order valence-corrected chi connectivity index (χ2v) is 6.02. The molecule has 25 heavy (non-hydrogen) atoms. The van der Waals surface area contributed by atoms with Crippen LogP contribution in [0, 0.1) is 5.82 Å². The molecule has 0 unspecified atom stereocenters. The topological polar surface area (TPSA) is 66.5 Å². The summed E-state index contributed by atoms with van der Waals surface area (Å²) in [5.41, 5.74) is 0.246. The van der Waals surface area contributed by atoms with Crippen LogP contribution in [0.5, 0.6) is 0 Å². The highest BCUT2D eigenvalue weighted by Crippen LogP contribution is 2.32. The minimum absolute atomic E-state index is 0.0580. The highest BCUT2D eigenvalue weighted by molar-refractivity contribution is 8.18. The fraction of sp³-hybridized carbons (Fsp3) is 0.167. The number of carbonyl (C=O) groups excluding carboxylic acids is 3. The predicted molar refractivity (Wildman–Crippen MR) is 96.0 cm³/mol.